The molecule has 0 radical (unpaired) electrons. The largest absolute Gasteiger partial charge is 0.469 e. The standard InChI is InChI=1S/C27H22N2O3/c1-18-20(14-15-32-18)16-26(30)28-22-12-10-19(11-13-22)27(31)29-17-21-6-2-3-7-23(21)24-8-4-5-9-25(24)29/h2-15H,16-17H2,1H3,(H,28,30). The second-order valence-electron chi connectivity index (χ2n) is 7.87. The van der Waals surface area contributed by atoms with Crippen LogP contribution >= 0.6 is 0 Å². The molecule has 1 aliphatic heterocycles. The average Bonchev–Trinajstić information content (AvgIpc) is 3.22. The van der Waals surface area contributed by atoms with E-state index in [0.29, 0.717) is 17.8 Å². The molecule has 32 heavy (non-hydrogen) atoms. The van der Waals surface area contributed by atoms with Gasteiger partial charge < -0.3 is 14.6 Å². The number of amides is 2. The van der Waals surface area contributed by atoms with Gasteiger partial charge in [0.1, 0.15) is 5.76 Å². The summed E-state index contributed by atoms with van der Waals surface area (Å²) in [4.78, 5) is 27.5. The number of anilines is 2. The van der Waals surface area contributed by atoms with Crippen molar-refractivity contribution in [3.8, 4) is 11.1 Å². The van der Waals surface area contributed by atoms with Crippen LogP contribution < -0.4 is 10.2 Å². The first-order valence-electron chi connectivity index (χ1n) is 10.5. The highest BCUT2D eigenvalue weighted by Gasteiger charge is 2.26. The van der Waals surface area contributed by atoms with Crippen molar-refractivity contribution in [2.45, 2.75) is 19.9 Å². The molecule has 2 heterocycles. The summed E-state index contributed by atoms with van der Waals surface area (Å²) in [7, 11) is 0. The molecule has 5 nitrogen and oxygen atoms in total. The van der Waals surface area contributed by atoms with Crippen LogP contribution in [0, 0.1) is 6.92 Å². The van der Waals surface area contributed by atoms with E-state index in [4.69, 9.17) is 4.42 Å². The maximum Gasteiger partial charge on any atom is 0.258 e. The number of furan rings is 1. The van der Waals surface area contributed by atoms with Crippen molar-refractivity contribution < 1.29 is 14.0 Å². The number of hydrogen-bond donors (Lipinski definition) is 1. The third-order valence-electron chi connectivity index (χ3n) is 5.81. The zero-order chi connectivity index (χ0) is 22.1. The van der Waals surface area contributed by atoms with E-state index in [1.807, 2.05) is 48.2 Å². The minimum absolute atomic E-state index is 0.0705. The van der Waals surface area contributed by atoms with E-state index in [1.54, 1.807) is 36.6 Å². The lowest BCUT2D eigenvalue weighted by molar-refractivity contribution is -0.115. The minimum Gasteiger partial charge on any atom is -0.469 e. The van der Waals surface area contributed by atoms with Crippen LogP contribution in [0.5, 0.6) is 0 Å². The van der Waals surface area contributed by atoms with Gasteiger partial charge in [-0.05, 0) is 54.4 Å². The highest BCUT2D eigenvalue weighted by molar-refractivity contribution is 6.09. The van der Waals surface area contributed by atoms with Gasteiger partial charge in [0.15, 0.2) is 0 Å². The van der Waals surface area contributed by atoms with Gasteiger partial charge in [0.2, 0.25) is 5.91 Å². The number of para-hydroxylation sites is 1. The molecule has 1 N–H and O–H groups in total. The van der Waals surface area contributed by atoms with Crippen LogP contribution in [0.4, 0.5) is 11.4 Å². The summed E-state index contributed by atoms with van der Waals surface area (Å²) >= 11 is 0. The third kappa shape index (κ3) is 3.69. The molecule has 0 saturated carbocycles. The van der Waals surface area contributed by atoms with Crippen molar-refractivity contribution >= 4 is 23.2 Å². The lowest BCUT2D eigenvalue weighted by atomic mass is 9.93. The van der Waals surface area contributed by atoms with Crippen LogP contribution in [-0.2, 0) is 17.8 Å². The Morgan fingerprint density at radius 2 is 1.62 bits per heavy atom. The number of aryl methyl sites for hydroxylation is 1. The first-order chi connectivity index (χ1) is 15.6. The summed E-state index contributed by atoms with van der Waals surface area (Å²) in [6.07, 6.45) is 1.82. The van der Waals surface area contributed by atoms with Crippen LogP contribution in [0.15, 0.2) is 89.5 Å². The zero-order valence-electron chi connectivity index (χ0n) is 17.7. The molecule has 1 aromatic heterocycles. The van der Waals surface area contributed by atoms with Crippen LogP contribution in [0.2, 0.25) is 0 Å². The molecule has 0 spiro atoms. The lowest BCUT2D eigenvalue weighted by Crippen LogP contribution is -2.33. The van der Waals surface area contributed by atoms with Gasteiger partial charge in [-0.2, -0.15) is 0 Å². The lowest BCUT2D eigenvalue weighted by Gasteiger charge is -2.31. The quantitative estimate of drug-likeness (QED) is 0.466. The van der Waals surface area contributed by atoms with E-state index in [-0.39, 0.29) is 18.2 Å². The number of nitrogens with zero attached hydrogens (tertiary/aromatic N) is 1. The van der Waals surface area contributed by atoms with Gasteiger partial charge in [0, 0.05) is 22.4 Å². The van der Waals surface area contributed by atoms with Gasteiger partial charge >= 0.3 is 0 Å². The van der Waals surface area contributed by atoms with Gasteiger partial charge in [0.25, 0.3) is 5.91 Å². The molecule has 5 rings (SSSR count). The zero-order valence-corrected chi connectivity index (χ0v) is 17.7. The fourth-order valence-corrected chi connectivity index (χ4v) is 4.12. The molecule has 4 aromatic rings. The summed E-state index contributed by atoms with van der Waals surface area (Å²) in [5, 5.41) is 2.88. The maximum absolute atomic E-state index is 13.4. The van der Waals surface area contributed by atoms with Crippen LogP contribution in [0.25, 0.3) is 11.1 Å². The third-order valence-corrected chi connectivity index (χ3v) is 5.81. The molecule has 158 valence electrons. The van der Waals surface area contributed by atoms with E-state index < -0.39 is 0 Å². The monoisotopic (exact) mass is 422 g/mol. The summed E-state index contributed by atoms with van der Waals surface area (Å²) in [6.45, 7) is 2.36. The molecular weight excluding hydrogens is 400 g/mol. The number of benzene rings is 3. The molecule has 1 aliphatic rings. The predicted octanol–water partition coefficient (Wildman–Crippen LogP) is 5.60. The van der Waals surface area contributed by atoms with Crippen LogP contribution in [0.1, 0.15) is 27.2 Å². The second-order valence-corrected chi connectivity index (χ2v) is 7.87. The van der Waals surface area contributed by atoms with Gasteiger partial charge in [-0.3, -0.25) is 9.59 Å². The van der Waals surface area contributed by atoms with Gasteiger partial charge in [-0.15, -0.1) is 0 Å². The summed E-state index contributed by atoms with van der Waals surface area (Å²) in [5.41, 5.74) is 6.33. The van der Waals surface area contributed by atoms with Gasteiger partial charge in [-0.1, -0.05) is 42.5 Å². The van der Waals surface area contributed by atoms with Crippen molar-refractivity contribution in [1.29, 1.82) is 0 Å². The number of hydrogen-bond acceptors (Lipinski definition) is 3. The van der Waals surface area contributed by atoms with E-state index in [2.05, 4.69) is 17.4 Å². The summed E-state index contributed by atoms with van der Waals surface area (Å²) < 4.78 is 5.24. The molecule has 5 heteroatoms. The Hall–Kier alpha value is -4.12. The fraction of sp³-hybridized carbons (Fsp3) is 0.111. The van der Waals surface area contributed by atoms with Crippen molar-refractivity contribution in [2.24, 2.45) is 0 Å². The Kier molecular flexibility index (Phi) is 5.07. The summed E-state index contributed by atoms with van der Waals surface area (Å²) in [5.74, 6) is 0.540. The molecule has 0 aliphatic carbocycles. The van der Waals surface area contributed by atoms with Gasteiger partial charge in [-0.25, -0.2) is 0 Å². The predicted molar refractivity (Wildman–Crippen MR) is 125 cm³/mol. The Morgan fingerprint density at radius 1 is 0.906 bits per heavy atom. The molecule has 0 unspecified atom stereocenters. The topological polar surface area (TPSA) is 62.6 Å². The minimum atomic E-state index is -0.129. The Balaban J connectivity index is 1.34. The van der Waals surface area contributed by atoms with E-state index >= 15 is 0 Å². The molecule has 2 amide bonds. The number of carbonyl (C=O) groups excluding carboxylic acids is 2. The van der Waals surface area contributed by atoms with Crippen molar-refractivity contribution in [3.05, 3.63) is 108 Å². The normalized spacial score (nSPS) is 12.1. The first-order valence-corrected chi connectivity index (χ1v) is 10.5. The van der Waals surface area contributed by atoms with E-state index in [0.717, 1.165) is 33.7 Å². The first kappa shape index (κ1) is 19.8. The number of carbonyl (C=O) groups is 2. The fourth-order valence-electron chi connectivity index (χ4n) is 4.12. The molecule has 3 aromatic carbocycles. The second kappa shape index (κ2) is 8.19. The number of rotatable bonds is 4. The average molecular weight is 422 g/mol. The number of nitrogens with one attached hydrogen (secondary N) is 1. The maximum atomic E-state index is 13.4. The highest BCUT2D eigenvalue weighted by atomic mass is 16.3. The Labute approximate surface area is 186 Å². The molecule has 0 saturated heterocycles. The molecule has 0 fully saturated rings. The smallest absolute Gasteiger partial charge is 0.258 e. The molecule has 0 bridgehead atoms. The van der Waals surface area contributed by atoms with Crippen LogP contribution in [0.3, 0.4) is 0 Å². The molecular formula is C27H22N2O3. The summed E-state index contributed by atoms with van der Waals surface area (Å²) in [6, 6.07) is 25.0. The highest BCUT2D eigenvalue weighted by Crippen LogP contribution is 2.39. The number of fused-ring (bicyclic) bond motifs is 3. The van der Waals surface area contributed by atoms with Crippen molar-refractivity contribution in [1.82, 2.24) is 0 Å². The molecule has 0 atom stereocenters. The van der Waals surface area contributed by atoms with E-state index in [1.165, 1.54) is 0 Å². The van der Waals surface area contributed by atoms with Crippen molar-refractivity contribution in [2.75, 3.05) is 10.2 Å². The van der Waals surface area contributed by atoms with Crippen LogP contribution in [-0.4, -0.2) is 11.8 Å². The SMILES string of the molecule is Cc1occc1CC(=O)Nc1ccc(C(=O)N2Cc3ccccc3-c3ccccc32)cc1. The van der Waals surface area contributed by atoms with Gasteiger partial charge in [0.05, 0.1) is 24.9 Å². The van der Waals surface area contributed by atoms with E-state index in [9.17, 15) is 9.59 Å². The Bertz CT molecular complexity index is 1300. The van der Waals surface area contributed by atoms with Crippen molar-refractivity contribution in [3.63, 3.8) is 0 Å². The Morgan fingerprint density at radius 3 is 2.38 bits per heavy atom.